The van der Waals surface area contributed by atoms with Crippen molar-refractivity contribution in [1.82, 2.24) is 0 Å². The molecule has 0 saturated heterocycles. The highest BCUT2D eigenvalue weighted by atomic mass is 35.5. The number of benzene rings is 1. The summed E-state index contributed by atoms with van der Waals surface area (Å²) in [5.41, 5.74) is 8.10. The van der Waals surface area contributed by atoms with Gasteiger partial charge in [-0.3, -0.25) is 0 Å². The lowest BCUT2D eigenvalue weighted by atomic mass is 9.98. The van der Waals surface area contributed by atoms with Gasteiger partial charge in [0.2, 0.25) is 0 Å². The fourth-order valence-corrected chi connectivity index (χ4v) is 2.63. The van der Waals surface area contributed by atoms with Crippen molar-refractivity contribution in [2.24, 2.45) is 5.73 Å². The van der Waals surface area contributed by atoms with Gasteiger partial charge < -0.3 is 19.9 Å². The van der Waals surface area contributed by atoms with Gasteiger partial charge in [-0.15, -0.1) is 0 Å². The number of rotatable bonds is 0. The van der Waals surface area contributed by atoms with Crippen LogP contribution in [0.4, 0.5) is 0 Å². The molecule has 17 heavy (non-hydrogen) atoms. The normalized spacial score (nSPS) is 22.8. The van der Waals surface area contributed by atoms with E-state index < -0.39 is 0 Å². The molecule has 92 valence electrons. The van der Waals surface area contributed by atoms with E-state index in [4.69, 9.17) is 31.5 Å². The van der Waals surface area contributed by atoms with Gasteiger partial charge in [-0.2, -0.15) is 0 Å². The van der Waals surface area contributed by atoms with E-state index in [9.17, 15) is 0 Å². The summed E-state index contributed by atoms with van der Waals surface area (Å²) in [6.07, 6.45) is 0.762. The molecular formula is C12H14ClNO3. The van der Waals surface area contributed by atoms with Gasteiger partial charge in [0.25, 0.3) is 0 Å². The Balaban J connectivity index is 2.19. The maximum absolute atomic E-state index is 6.27. The number of ether oxygens (including phenoxy) is 3. The van der Waals surface area contributed by atoms with Crippen LogP contribution in [0.5, 0.6) is 11.5 Å². The molecule has 1 atom stereocenters. The minimum atomic E-state index is -0.207. The molecule has 0 bridgehead atoms. The first-order valence-corrected chi connectivity index (χ1v) is 6.09. The van der Waals surface area contributed by atoms with Crippen LogP contribution < -0.4 is 15.2 Å². The first kappa shape index (κ1) is 11.1. The van der Waals surface area contributed by atoms with Gasteiger partial charge in [0, 0.05) is 16.7 Å². The van der Waals surface area contributed by atoms with Crippen LogP contribution in [0.25, 0.3) is 0 Å². The van der Waals surface area contributed by atoms with Gasteiger partial charge in [-0.1, -0.05) is 11.6 Å². The fraction of sp³-hybridized carbons (Fsp3) is 0.500. The Hall–Kier alpha value is -0.970. The summed E-state index contributed by atoms with van der Waals surface area (Å²) in [5.74, 6) is 1.44. The van der Waals surface area contributed by atoms with Gasteiger partial charge >= 0.3 is 0 Å². The summed E-state index contributed by atoms with van der Waals surface area (Å²) in [4.78, 5) is 0. The van der Waals surface area contributed by atoms with E-state index in [1.807, 2.05) is 6.07 Å². The first-order chi connectivity index (χ1) is 8.27. The van der Waals surface area contributed by atoms with Crippen molar-refractivity contribution in [3.05, 3.63) is 22.2 Å². The minimum absolute atomic E-state index is 0.207. The summed E-state index contributed by atoms with van der Waals surface area (Å²) in [5, 5.41) is 0.685. The highest BCUT2D eigenvalue weighted by Crippen LogP contribution is 2.43. The van der Waals surface area contributed by atoms with Gasteiger partial charge in [-0.05, 0) is 12.0 Å². The molecule has 0 spiro atoms. The second-order valence-electron chi connectivity index (χ2n) is 4.21. The second kappa shape index (κ2) is 4.37. The zero-order valence-electron chi connectivity index (χ0n) is 9.37. The van der Waals surface area contributed by atoms with Crippen LogP contribution in [0.1, 0.15) is 17.2 Å². The molecule has 1 aromatic rings. The Morgan fingerprint density at radius 3 is 2.94 bits per heavy atom. The van der Waals surface area contributed by atoms with Crippen molar-refractivity contribution in [2.75, 3.05) is 26.4 Å². The number of hydrogen-bond donors (Lipinski definition) is 1. The molecule has 0 amide bonds. The maximum atomic E-state index is 6.27. The highest BCUT2D eigenvalue weighted by molar-refractivity contribution is 6.31. The van der Waals surface area contributed by atoms with Gasteiger partial charge in [0.1, 0.15) is 13.2 Å². The largest absolute Gasteiger partial charge is 0.486 e. The lowest BCUT2D eigenvalue weighted by molar-refractivity contribution is 0.129. The molecule has 5 heteroatoms. The Labute approximate surface area is 105 Å². The third-order valence-corrected chi connectivity index (χ3v) is 3.43. The smallest absolute Gasteiger partial charge is 0.166 e. The molecule has 2 N–H and O–H groups in total. The van der Waals surface area contributed by atoms with Crippen LogP contribution in [0.3, 0.4) is 0 Å². The lowest BCUT2D eigenvalue weighted by Crippen LogP contribution is -2.22. The zero-order valence-corrected chi connectivity index (χ0v) is 10.1. The van der Waals surface area contributed by atoms with Crippen LogP contribution in [0.2, 0.25) is 5.02 Å². The van der Waals surface area contributed by atoms with E-state index in [-0.39, 0.29) is 6.04 Å². The van der Waals surface area contributed by atoms with Crippen LogP contribution in [0.15, 0.2) is 6.07 Å². The first-order valence-electron chi connectivity index (χ1n) is 5.71. The number of fused-ring (bicyclic) bond motifs is 3. The highest BCUT2D eigenvalue weighted by Gasteiger charge is 2.27. The van der Waals surface area contributed by atoms with Crippen LogP contribution in [-0.2, 0) is 11.2 Å². The maximum Gasteiger partial charge on any atom is 0.166 e. The molecule has 1 aromatic carbocycles. The van der Waals surface area contributed by atoms with Gasteiger partial charge in [-0.25, -0.2) is 0 Å². The molecular weight excluding hydrogens is 242 g/mol. The molecule has 2 aliphatic rings. The molecule has 0 fully saturated rings. The topological polar surface area (TPSA) is 53.7 Å². The summed E-state index contributed by atoms with van der Waals surface area (Å²) >= 11 is 6.27. The molecule has 4 nitrogen and oxygen atoms in total. The average Bonchev–Trinajstić information content (AvgIpc) is 2.52. The monoisotopic (exact) mass is 255 g/mol. The zero-order chi connectivity index (χ0) is 11.8. The van der Waals surface area contributed by atoms with Crippen molar-refractivity contribution < 1.29 is 14.2 Å². The predicted molar refractivity (Wildman–Crippen MR) is 63.9 cm³/mol. The van der Waals surface area contributed by atoms with Crippen molar-refractivity contribution in [3.63, 3.8) is 0 Å². The third kappa shape index (κ3) is 1.86. The van der Waals surface area contributed by atoms with Gasteiger partial charge in [0.05, 0.1) is 19.3 Å². The number of nitrogens with two attached hydrogens (primary N) is 1. The molecule has 2 heterocycles. The van der Waals surface area contributed by atoms with Crippen molar-refractivity contribution in [3.8, 4) is 11.5 Å². The summed E-state index contributed by atoms with van der Waals surface area (Å²) in [7, 11) is 0. The van der Waals surface area contributed by atoms with E-state index in [1.54, 1.807) is 0 Å². The fourth-order valence-electron chi connectivity index (χ4n) is 2.33. The van der Waals surface area contributed by atoms with Crippen LogP contribution in [-0.4, -0.2) is 26.4 Å². The van der Waals surface area contributed by atoms with Crippen molar-refractivity contribution in [2.45, 2.75) is 12.5 Å². The molecule has 2 aliphatic heterocycles. The Kier molecular flexibility index (Phi) is 2.86. The molecule has 3 rings (SSSR count). The van der Waals surface area contributed by atoms with Gasteiger partial charge in [0.15, 0.2) is 11.5 Å². The molecule has 0 aromatic heterocycles. The summed E-state index contributed by atoms with van der Waals surface area (Å²) < 4.78 is 16.7. The quantitative estimate of drug-likeness (QED) is 0.766. The Bertz CT molecular complexity index is 450. The Morgan fingerprint density at radius 2 is 2.06 bits per heavy atom. The van der Waals surface area contributed by atoms with E-state index in [2.05, 4.69) is 0 Å². The van der Waals surface area contributed by atoms with Crippen molar-refractivity contribution >= 4 is 11.6 Å². The average molecular weight is 256 g/mol. The number of halogens is 1. The van der Waals surface area contributed by atoms with Crippen LogP contribution in [0, 0.1) is 0 Å². The predicted octanol–water partition coefficient (Wildman–Crippen LogP) is 1.68. The van der Waals surface area contributed by atoms with E-state index in [1.165, 1.54) is 0 Å². The SMILES string of the molecule is NC1COCCc2c(Cl)cc3c(c21)OCCO3. The van der Waals surface area contributed by atoms with E-state index >= 15 is 0 Å². The molecule has 1 unspecified atom stereocenters. The molecule has 0 saturated carbocycles. The van der Waals surface area contributed by atoms with E-state index in [0.29, 0.717) is 37.2 Å². The number of hydrogen-bond acceptors (Lipinski definition) is 4. The van der Waals surface area contributed by atoms with Crippen molar-refractivity contribution in [1.29, 1.82) is 0 Å². The third-order valence-electron chi connectivity index (χ3n) is 3.09. The Morgan fingerprint density at radius 1 is 1.24 bits per heavy atom. The minimum Gasteiger partial charge on any atom is -0.486 e. The molecule has 0 radical (unpaired) electrons. The second-order valence-corrected chi connectivity index (χ2v) is 4.61. The summed E-state index contributed by atoms with van der Waals surface area (Å²) in [6.45, 7) is 2.23. The van der Waals surface area contributed by atoms with E-state index in [0.717, 1.165) is 23.3 Å². The molecule has 0 aliphatic carbocycles. The van der Waals surface area contributed by atoms with Crippen LogP contribution >= 0.6 is 11.6 Å². The lowest BCUT2D eigenvalue weighted by Gasteiger charge is -2.25. The summed E-state index contributed by atoms with van der Waals surface area (Å²) in [6, 6.07) is 1.61. The standard InChI is InChI=1S/C12H14ClNO3/c13-8-5-10-12(17-4-3-16-10)11-7(8)1-2-15-6-9(11)14/h5,9H,1-4,6,14H2.